The van der Waals surface area contributed by atoms with Crippen LogP contribution in [0.1, 0.15) is 28.7 Å². The maximum Gasteiger partial charge on any atom is 0.276 e. The lowest BCUT2D eigenvalue weighted by Crippen LogP contribution is -2.13. The second-order valence-corrected chi connectivity index (χ2v) is 4.90. The highest BCUT2D eigenvalue weighted by molar-refractivity contribution is 6.03. The summed E-state index contributed by atoms with van der Waals surface area (Å²) in [7, 11) is 0. The first-order chi connectivity index (χ1) is 10.7. The van der Waals surface area contributed by atoms with Crippen LogP contribution in [0, 0.1) is 6.92 Å². The molecule has 0 aliphatic rings. The molecule has 0 fully saturated rings. The van der Waals surface area contributed by atoms with Crippen LogP contribution in [-0.2, 0) is 6.42 Å². The van der Waals surface area contributed by atoms with Gasteiger partial charge in [0.25, 0.3) is 5.91 Å². The first-order valence-electron chi connectivity index (χ1n) is 6.99. The Morgan fingerprint density at radius 3 is 2.50 bits per heavy atom. The van der Waals surface area contributed by atoms with E-state index in [1.54, 1.807) is 17.2 Å². The lowest BCUT2D eigenvalue weighted by atomic mass is 10.1. The zero-order valence-corrected chi connectivity index (χ0v) is 12.4. The Kier molecular flexibility index (Phi) is 3.69. The minimum atomic E-state index is -0.217. The van der Waals surface area contributed by atoms with Crippen LogP contribution in [0.5, 0.6) is 0 Å². The fourth-order valence-corrected chi connectivity index (χ4v) is 2.24. The highest BCUT2D eigenvalue weighted by Crippen LogP contribution is 2.16. The number of aromatic nitrogens is 5. The van der Waals surface area contributed by atoms with Crippen molar-refractivity contribution < 1.29 is 4.79 Å². The molecule has 0 saturated carbocycles. The molecule has 112 valence electrons. The number of hydrogen-bond acceptors (Lipinski definition) is 4. The van der Waals surface area contributed by atoms with E-state index in [4.69, 9.17) is 0 Å². The smallest absolute Gasteiger partial charge is 0.276 e. The number of carbonyl (C=O) groups is 1. The highest BCUT2D eigenvalue weighted by atomic mass is 16.1. The maximum absolute atomic E-state index is 12.3. The standard InChI is InChI=1S/C15H16N6O/c1-3-13-10(2)14(20-19-13)15(22)18-11-4-6-12(7-5-11)21-8-16-17-9-21/h4-9H,3H2,1-2H3,(H,18,22)(H,19,20). The molecule has 7 heteroatoms. The third kappa shape index (κ3) is 2.60. The first kappa shape index (κ1) is 14.0. The zero-order chi connectivity index (χ0) is 15.5. The van der Waals surface area contributed by atoms with Crippen molar-refractivity contribution in [2.45, 2.75) is 20.3 Å². The summed E-state index contributed by atoms with van der Waals surface area (Å²) in [5, 5.41) is 17.3. The van der Waals surface area contributed by atoms with E-state index in [1.165, 1.54) is 0 Å². The number of benzene rings is 1. The summed E-state index contributed by atoms with van der Waals surface area (Å²) in [6, 6.07) is 7.42. The quantitative estimate of drug-likeness (QED) is 0.771. The van der Waals surface area contributed by atoms with Gasteiger partial charge in [-0.2, -0.15) is 5.10 Å². The van der Waals surface area contributed by atoms with Gasteiger partial charge in [0.1, 0.15) is 12.7 Å². The SMILES string of the molecule is CCc1[nH]nc(C(=O)Nc2ccc(-n3cnnc3)cc2)c1C. The van der Waals surface area contributed by atoms with Crippen LogP contribution in [0.4, 0.5) is 5.69 Å². The lowest BCUT2D eigenvalue weighted by Gasteiger charge is -2.06. The minimum Gasteiger partial charge on any atom is -0.321 e. The molecule has 3 aromatic rings. The van der Waals surface area contributed by atoms with Crippen LogP contribution in [0.15, 0.2) is 36.9 Å². The third-order valence-corrected chi connectivity index (χ3v) is 3.52. The fourth-order valence-electron chi connectivity index (χ4n) is 2.24. The van der Waals surface area contributed by atoms with Gasteiger partial charge in [-0.1, -0.05) is 6.92 Å². The average Bonchev–Trinajstić information content (AvgIpc) is 3.17. The van der Waals surface area contributed by atoms with Gasteiger partial charge in [0.2, 0.25) is 0 Å². The van der Waals surface area contributed by atoms with E-state index in [2.05, 4.69) is 25.7 Å². The summed E-state index contributed by atoms with van der Waals surface area (Å²) < 4.78 is 1.79. The molecule has 22 heavy (non-hydrogen) atoms. The van der Waals surface area contributed by atoms with Crippen LogP contribution in [0.25, 0.3) is 5.69 Å². The van der Waals surface area contributed by atoms with Crippen LogP contribution in [0.2, 0.25) is 0 Å². The number of H-pyrrole nitrogens is 1. The monoisotopic (exact) mass is 296 g/mol. The van der Waals surface area contributed by atoms with E-state index in [1.807, 2.05) is 38.1 Å². The largest absolute Gasteiger partial charge is 0.321 e. The van der Waals surface area contributed by atoms with Gasteiger partial charge in [-0.15, -0.1) is 10.2 Å². The molecule has 0 saturated heterocycles. The van der Waals surface area contributed by atoms with Crippen molar-refractivity contribution in [2.75, 3.05) is 5.32 Å². The number of anilines is 1. The first-order valence-corrected chi connectivity index (χ1v) is 6.99. The van der Waals surface area contributed by atoms with Crippen LogP contribution in [-0.4, -0.2) is 30.9 Å². The Morgan fingerprint density at radius 2 is 1.91 bits per heavy atom. The van der Waals surface area contributed by atoms with Crippen molar-refractivity contribution in [1.29, 1.82) is 0 Å². The van der Waals surface area contributed by atoms with Gasteiger partial charge >= 0.3 is 0 Å². The normalized spacial score (nSPS) is 10.6. The van der Waals surface area contributed by atoms with Gasteiger partial charge in [-0.05, 0) is 37.6 Å². The summed E-state index contributed by atoms with van der Waals surface area (Å²) in [6.07, 6.45) is 4.06. The number of nitrogens with zero attached hydrogens (tertiary/aromatic N) is 4. The molecule has 0 bridgehead atoms. The molecule has 0 unspecified atom stereocenters. The highest BCUT2D eigenvalue weighted by Gasteiger charge is 2.15. The Labute approximate surface area is 127 Å². The van der Waals surface area contributed by atoms with E-state index in [0.717, 1.165) is 23.4 Å². The summed E-state index contributed by atoms with van der Waals surface area (Å²) in [5.41, 5.74) is 3.93. The van der Waals surface area contributed by atoms with E-state index in [-0.39, 0.29) is 5.91 Å². The van der Waals surface area contributed by atoms with Gasteiger partial charge in [-0.3, -0.25) is 14.5 Å². The van der Waals surface area contributed by atoms with Gasteiger partial charge in [0.05, 0.1) is 0 Å². The average molecular weight is 296 g/mol. The molecular formula is C15H16N6O. The fraction of sp³-hybridized carbons (Fsp3) is 0.200. The molecule has 7 nitrogen and oxygen atoms in total. The number of hydrogen-bond donors (Lipinski definition) is 2. The van der Waals surface area contributed by atoms with Crippen molar-refractivity contribution in [3.05, 3.63) is 53.9 Å². The van der Waals surface area contributed by atoms with E-state index in [0.29, 0.717) is 11.4 Å². The van der Waals surface area contributed by atoms with Crippen molar-refractivity contribution in [1.82, 2.24) is 25.0 Å². The van der Waals surface area contributed by atoms with Crippen molar-refractivity contribution in [2.24, 2.45) is 0 Å². The molecule has 0 aliphatic carbocycles. The number of carbonyl (C=O) groups excluding carboxylic acids is 1. The maximum atomic E-state index is 12.3. The number of amides is 1. The predicted octanol–water partition coefficient (Wildman–Crippen LogP) is 2.11. The molecule has 0 radical (unpaired) electrons. The predicted molar refractivity (Wildman–Crippen MR) is 82.0 cm³/mol. The second kappa shape index (κ2) is 5.80. The molecular weight excluding hydrogens is 280 g/mol. The van der Waals surface area contributed by atoms with Gasteiger partial charge < -0.3 is 5.32 Å². The minimum absolute atomic E-state index is 0.217. The third-order valence-electron chi connectivity index (χ3n) is 3.52. The topological polar surface area (TPSA) is 88.5 Å². The van der Waals surface area contributed by atoms with Crippen LogP contribution < -0.4 is 5.32 Å². The molecule has 1 aromatic carbocycles. The molecule has 2 aromatic heterocycles. The Morgan fingerprint density at radius 1 is 1.23 bits per heavy atom. The molecule has 1 amide bonds. The van der Waals surface area contributed by atoms with Crippen molar-refractivity contribution in [3.63, 3.8) is 0 Å². The Balaban J connectivity index is 1.75. The van der Waals surface area contributed by atoms with Gasteiger partial charge in [0.15, 0.2) is 5.69 Å². The summed E-state index contributed by atoms with van der Waals surface area (Å²) in [4.78, 5) is 12.3. The molecule has 0 atom stereocenters. The Bertz CT molecular complexity index is 773. The van der Waals surface area contributed by atoms with Crippen LogP contribution >= 0.6 is 0 Å². The Hall–Kier alpha value is -2.96. The molecule has 3 rings (SSSR count). The zero-order valence-electron chi connectivity index (χ0n) is 12.4. The molecule has 0 spiro atoms. The summed E-state index contributed by atoms with van der Waals surface area (Å²) in [6.45, 7) is 3.91. The summed E-state index contributed by atoms with van der Waals surface area (Å²) in [5.74, 6) is -0.217. The number of aromatic amines is 1. The lowest BCUT2D eigenvalue weighted by molar-refractivity contribution is 0.102. The van der Waals surface area contributed by atoms with Gasteiger partial charge in [0, 0.05) is 22.6 Å². The number of nitrogens with one attached hydrogen (secondary N) is 2. The number of rotatable bonds is 4. The van der Waals surface area contributed by atoms with Crippen molar-refractivity contribution in [3.8, 4) is 5.69 Å². The molecule has 0 aliphatic heterocycles. The molecule has 2 N–H and O–H groups in total. The number of aryl methyl sites for hydroxylation is 1. The van der Waals surface area contributed by atoms with Crippen LogP contribution in [0.3, 0.4) is 0 Å². The molecule has 2 heterocycles. The summed E-state index contributed by atoms with van der Waals surface area (Å²) >= 11 is 0. The van der Waals surface area contributed by atoms with E-state index >= 15 is 0 Å². The van der Waals surface area contributed by atoms with E-state index in [9.17, 15) is 4.79 Å². The van der Waals surface area contributed by atoms with Gasteiger partial charge in [-0.25, -0.2) is 0 Å². The second-order valence-electron chi connectivity index (χ2n) is 4.90. The van der Waals surface area contributed by atoms with Crippen molar-refractivity contribution >= 4 is 11.6 Å². The van der Waals surface area contributed by atoms with E-state index < -0.39 is 0 Å².